The number of nitrogens with zero attached hydrogens (tertiary/aromatic N) is 1. The SMILES string of the molecule is O=c1[nH][c]([Al])nc2ccccc12. The van der Waals surface area contributed by atoms with E-state index in [1.54, 1.807) is 6.07 Å². The van der Waals surface area contributed by atoms with E-state index in [0.29, 0.717) is 10.1 Å². The Bertz CT molecular complexity index is 478. The van der Waals surface area contributed by atoms with Crippen LogP contribution in [0.2, 0.25) is 0 Å². The molecule has 2 rings (SSSR count). The van der Waals surface area contributed by atoms with Gasteiger partial charge in [-0.15, -0.1) is 0 Å². The predicted octanol–water partition coefficient (Wildman–Crippen LogP) is -0.283. The molecule has 0 aliphatic rings. The average molecular weight is 172 g/mol. The van der Waals surface area contributed by atoms with Crippen molar-refractivity contribution in [1.82, 2.24) is 9.97 Å². The van der Waals surface area contributed by atoms with Gasteiger partial charge in [-0.2, -0.15) is 0 Å². The molecule has 0 fully saturated rings. The van der Waals surface area contributed by atoms with E-state index in [2.05, 4.69) is 26.3 Å². The van der Waals surface area contributed by atoms with E-state index in [-0.39, 0.29) is 5.56 Å². The first-order valence-electron chi connectivity index (χ1n) is 3.52. The number of H-pyrrole nitrogens is 1. The fourth-order valence-corrected chi connectivity index (χ4v) is 1.37. The van der Waals surface area contributed by atoms with Crippen molar-refractivity contribution >= 4 is 31.9 Å². The van der Waals surface area contributed by atoms with Gasteiger partial charge in [0, 0.05) is 0 Å². The van der Waals surface area contributed by atoms with E-state index in [0.717, 1.165) is 5.52 Å². The van der Waals surface area contributed by atoms with Crippen molar-refractivity contribution in [2.24, 2.45) is 0 Å². The van der Waals surface area contributed by atoms with Gasteiger partial charge in [0.1, 0.15) is 0 Å². The molecule has 3 nitrogen and oxygen atoms in total. The van der Waals surface area contributed by atoms with Crippen molar-refractivity contribution in [2.75, 3.05) is 0 Å². The van der Waals surface area contributed by atoms with Crippen LogP contribution < -0.4 is 10.2 Å². The van der Waals surface area contributed by atoms with Crippen LogP contribution in [-0.4, -0.2) is 26.3 Å². The van der Waals surface area contributed by atoms with Crippen LogP contribution in [0.4, 0.5) is 0 Å². The van der Waals surface area contributed by atoms with E-state index in [4.69, 9.17) is 0 Å². The third-order valence-electron chi connectivity index (χ3n) is 1.63. The quantitative estimate of drug-likeness (QED) is 0.555. The summed E-state index contributed by atoms with van der Waals surface area (Å²) in [6.07, 6.45) is 0. The summed E-state index contributed by atoms with van der Waals surface area (Å²) in [6.45, 7) is 0. The van der Waals surface area contributed by atoms with Crippen LogP contribution in [0.5, 0.6) is 0 Å². The third-order valence-corrected chi connectivity index (χ3v) is 1.90. The van der Waals surface area contributed by atoms with Crippen molar-refractivity contribution in [3.05, 3.63) is 34.6 Å². The van der Waals surface area contributed by atoms with Crippen LogP contribution in [0.3, 0.4) is 0 Å². The van der Waals surface area contributed by atoms with Gasteiger partial charge in [0.15, 0.2) is 0 Å². The van der Waals surface area contributed by atoms with Crippen LogP contribution in [0.1, 0.15) is 0 Å². The molecule has 0 bridgehead atoms. The fourth-order valence-electron chi connectivity index (χ4n) is 1.10. The van der Waals surface area contributed by atoms with Crippen molar-refractivity contribution in [3.63, 3.8) is 0 Å². The predicted molar refractivity (Wildman–Crippen MR) is 47.8 cm³/mol. The van der Waals surface area contributed by atoms with Crippen LogP contribution in [0.15, 0.2) is 29.1 Å². The minimum absolute atomic E-state index is 0.0920. The molecule has 1 aromatic heterocycles. The molecule has 0 spiro atoms. The molecule has 0 saturated carbocycles. The lowest BCUT2D eigenvalue weighted by molar-refractivity contribution is 1.24. The standard InChI is InChI=1S/C8H5N2O.Al/c11-8-6-3-1-2-4-7(6)9-5-10-8;/h1-4H,(H,9,10,11);. The van der Waals surface area contributed by atoms with Crippen molar-refractivity contribution in [3.8, 4) is 0 Å². The van der Waals surface area contributed by atoms with Gasteiger partial charge in [-0.25, -0.2) is 0 Å². The van der Waals surface area contributed by atoms with Gasteiger partial charge in [0.05, 0.1) is 10.9 Å². The minimum atomic E-state index is -0.0920. The number of nitrogens with one attached hydrogen (secondary N) is 1. The number of aromatic amines is 1. The average Bonchev–Trinajstić information content (AvgIpc) is 2.04. The van der Waals surface area contributed by atoms with Crippen LogP contribution in [0.25, 0.3) is 10.9 Å². The molecule has 1 aromatic carbocycles. The van der Waals surface area contributed by atoms with Crippen molar-refractivity contribution in [2.45, 2.75) is 0 Å². The molecule has 0 unspecified atom stereocenters. The normalized spacial score (nSPS) is 10.3. The van der Waals surface area contributed by atoms with Gasteiger partial charge < -0.3 is 4.98 Å². The van der Waals surface area contributed by atoms with E-state index in [9.17, 15) is 4.79 Å². The van der Waals surface area contributed by atoms with Gasteiger partial charge in [-0.1, -0.05) is 12.1 Å². The Kier molecular flexibility index (Phi) is 1.72. The molecular weight excluding hydrogens is 167 g/mol. The first-order chi connectivity index (χ1) is 5.77. The number of hydrogen-bond acceptors (Lipinski definition) is 2. The second kappa shape index (κ2) is 2.74. The van der Waals surface area contributed by atoms with Crippen molar-refractivity contribution in [1.29, 1.82) is 0 Å². The number of para-hydroxylation sites is 1. The molecule has 56 valence electrons. The lowest BCUT2D eigenvalue weighted by Crippen LogP contribution is -2.23. The molecule has 0 atom stereocenters. The largest absolute Gasteiger partial charge is 0.328 e. The number of rotatable bonds is 0. The van der Waals surface area contributed by atoms with Crippen LogP contribution >= 0.6 is 0 Å². The highest BCUT2D eigenvalue weighted by atomic mass is 27.0. The number of benzene rings is 1. The molecule has 2 radical (unpaired) electrons. The fraction of sp³-hybridized carbons (Fsp3) is 0. The molecule has 4 heteroatoms. The first-order valence-corrected chi connectivity index (χ1v) is 4.09. The summed E-state index contributed by atoms with van der Waals surface area (Å²) in [5.74, 6) is 0. The maximum Gasteiger partial charge on any atom is 0.257 e. The second-order valence-electron chi connectivity index (χ2n) is 2.47. The highest BCUT2D eigenvalue weighted by molar-refractivity contribution is 6.29. The number of fused-ring (bicyclic) bond motifs is 1. The zero-order valence-corrected chi connectivity index (χ0v) is 7.40. The Morgan fingerprint density at radius 1 is 1.33 bits per heavy atom. The Labute approximate surface area is 76.9 Å². The lowest BCUT2D eigenvalue weighted by Gasteiger charge is -1.97. The van der Waals surface area contributed by atoms with Gasteiger partial charge >= 0.3 is 0 Å². The van der Waals surface area contributed by atoms with E-state index < -0.39 is 0 Å². The Morgan fingerprint density at radius 3 is 2.92 bits per heavy atom. The summed E-state index contributed by atoms with van der Waals surface area (Å²) in [6, 6.07) is 7.25. The van der Waals surface area contributed by atoms with E-state index >= 15 is 0 Å². The van der Waals surface area contributed by atoms with Crippen LogP contribution in [-0.2, 0) is 0 Å². The molecule has 0 amide bonds. The minimum Gasteiger partial charge on any atom is -0.328 e. The summed E-state index contributed by atoms with van der Waals surface area (Å²) < 4.78 is 0.568. The summed E-state index contributed by atoms with van der Waals surface area (Å²) in [5.41, 5.74) is 0.636. The Balaban J connectivity index is 2.99. The Morgan fingerprint density at radius 2 is 2.08 bits per heavy atom. The summed E-state index contributed by atoms with van der Waals surface area (Å²) >= 11 is 2.37. The third kappa shape index (κ3) is 1.16. The molecule has 1 heterocycles. The van der Waals surface area contributed by atoms with Gasteiger partial charge in [0.25, 0.3) is 5.56 Å². The highest BCUT2D eigenvalue weighted by Gasteiger charge is 1.97. The molecule has 12 heavy (non-hydrogen) atoms. The summed E-state index contributed by atoms with van der Waals surface area (Å²) in [7, 11) is 0. The van der Waals surface area contributed by atoms with Gasteiger partial charge in [-0.3, -0.25) is 9.78 Å². The first kappa shape index (κ1) is 7.54. The second-order valence-corrected chi connectivity index (χ2v) is 3.02. The molecule has 0 aliphatic carbocycles. The monoisotopic (exact) mass is 172 g/mol. The smallest absolute Gasteiger partial charge is 0.257 e. The maximum absolute atomic E-state index is 11.3. The van der Waals surface area contributed by atoms with Gasteiger partial charge in [0.2, 0.25) is 16.3 Å². The van der Waals surface area contributed by atoms with Crippen molar-refractivity contribution < 1.29 is 0 Å². The molecule has 1 N–H and O–H groups in total. The maximum atomic E-state index is 11.3. The van der Waals surface area contributed by atoms with E-state index in [1.165, 1.54) is 0 Å². The number of aromatic nitrogens is 2. The number of hydrogen-bond donors (Lipinski definition) is 1. The highest BCUT2D eigenvalue weighted by Crippen LogP contribution is 2.01. The topological polar surface area (TPSA) is 45.8 Å². The van der Waals surface area contributed by atoms with Gasteiger partial charge in [-0.05, 0) is 16.8 Å². The summed E-state index contributed by atoms with van der Waals surface area (Å²) in [4.78, 5) is 18.0. The molecular formula is C8H5AlN2O. The Hall–Kier alpha value is -1.11. The van der Waals surface area contributed by atoms with Crippen LogP contribution in [0, 0.1) is 0 Å². The van der Waals surface area contributed by atoms with E-state index in [1.807, 2.05) is 18.2 Å². The molecule has 0 saturated heterocycles. The summed E-state index contributed by atoms with van der Waals surface area (Å²) in [5, 5.41) is 0.628. The zero-order chi connectivity index (χ0) is 8.55. The molecule has 0 aliphatic heterocycles. The lowest BCUT2D eigenvalue weighted by atomic mass is 10.2. The zero-order valence-electron chi connectivity index (χ0n) is 6.24. The molecule has 2 aromatic rings.